The van der Waals surface area contributed by atoms with Gasteiger partial charge < -0.3 is 9.84 Å². The van der Waals surface area contributed by atoms with Crippen molar-refractivity contribution in [3.05, 3.63) is 36.5 Å². The van der Waals surface area contributed by atoms with Crippen LogP contribution in [0.25, 0.3) is 0 Å². The van der Waals surface area contributed by atoms with Crippen molar-refractivity contribution in [3.63, 3.8) is 0 Å². The van der Waals surface area contributed by atoms with Gasteiger partial charge in [0.25, 0.3) is 0 Å². The molecule has 0 aliphatic heterocycles. The molecular formula is C20H30O3. The average Bonchev–Trinajstić information content (AvgIpc) is 2.48. The van der Waals surface area contributed by atoms with Gasteiger partial charge in [0.15, 0.2) is 0 Å². The molecule has 0 spiro atoms. The maximum absolute atomic E-state index is 11.9. The van der Waals surface area contributed by atoms with E-state index in [1.54, 1.807) is 6.08 Å². The number of allylic oxidation sites excluding steroid dienone is 2. The Morgan fingerprint density at radius 2 is 2.22 bits per heavy atom. The Labute approximate surface area is 140 Å². The maximum Gasteiger partial charge on any atom is 0.306 e. The van der Waals surface area contributed by atoms with Gasteiger partial charge in [-0.1, -0.05) is 31.2 Å². The summed E-state index contributed by atoms with van der Waals surface area (Å²) in [5, 5.41) is 11.4. The summed E-state index contributed by atoms with van der Waals surface area (Å²) in [6, 6.07) is 0. The Balaban J connectivity index is 2.21. The van der Waals surface area contributed by atoms with Gasteiger partial charge in [0.2, 0.25) is 0 Å². The van der Waals surface area contributed by atoms with E-state index in [-0.39, 0.29) is 23.9 Å². The second-order valence-corrected chi connectivity index (χ2v) is 7.37. The molecule has 3 nitrogen and oxygen atoms in total. The lowest BCUT2D eigenvalue weighted by Gasteiger charge is -2.51. The van der Waals surface area contributed by atoms with Crippen LogP contribution in [-0.2, 0) is 9.53 Å². The first-order chi connectivity index (χ1) is 10.8. The van der Waals surface area contributed by atoms with Gasteiger partial charge in [0.1, 0.15) is 6.10 Å². The van der Waals surface area contributed by atoms with Crippen LogP contribution in [0.4, 0.5) is 0 Å². The number of rotatable bonds is 5. The normalized spacial score (nSPS) is 36.6. The Hall–Kier alpha value is -1.35. The number of carbonyl (C=O) groups is 1. The summed E-state index contributed by atoms with van der Waals surface area (Å²) >= 11 is 0. The third kappa shape index (κ3) is 3.60. The quantitative estimate of drug-likeness (QED) is 0.611. The topological polar surface area (TPSA) is 46.5 Å². The van der Waals surface area contributed by atoms with Gasteiger partial charge in [-0.15, -0.1) is 6.58 Å². The van der Waals surface area contributed by atoms with Gasteiger partial charge in [0.05, 0.1) is 5.60 Å². The first kappa shape index (κ1) is 18.0. The highest BCUT2D eigenvalue weighted by Crippen LogP contribution is 2.50. The van der Waals surface area contributed by atoms with Crippen LogP contribution in [0.15, 0.2) is 36.5 Å². The van der Waals surface area contributed by atoms with Crippen molar-refractivity contribution >= 4 is 5.97 Å². The predicted molar refractivity (Wildman–Crippen MR) is 92.8 cm³/mol. The van der Waals surface area contributed by atoms with Crippen molar-refractivity contribution in [2.24, 2.45) is 17.8 Å². The molecule has 0 aromatic carbocycles. The lowest BCUT2D eigenvalue weighted by molar-refractivity contribution is -0.158. The first-order valence-electron chi connectivity index (χ1n) is 8.66. The number of esters is 1. The number of hydrogen-bond acceptors (Lipinski definition) is 3. The Bertz CT molecular complexity index is 519. The number of carbonyl (C=O) groups excluding carboxylic acids is 1. The summed E-state index contributed by atoms with van der Waals surface area (Å²) in [5.41, 5.74) is 1.36. The van der Waals surface area contributed by atoms with Gasteiger partial charge in [-0.25, -0.2) is 0 Å². The standard InChI is InChI=1S/C20H30O3/c1-6-7-8-19(21)23-18-12-20(22)15(5)9-10-16(13(2)3)17(20)11-14(18)4/h6,11,15-18,22H,1-2,7-10,12H2,3-5H3/t15-,16-,17+,18-,20-/m1/s1. The highest BCUT2D eigenvalue weighted by atomic mass is 16.5. The second-order valence-electron chi connectivity index (χ2n) is 7.37. The summed E-state index contributed by atoms with van der Waals surface area (Å²) < 4.78 is 5.63. The van der Waals surface area contributed by atoms with Crippen molar-refractivity contribution in [2.45, 2.75) is 64.6 Å². The van der Waals surface area contributed by atoms with Gasteiger partial charge in [0, 0.05) is 18.8 Å². The van der Waals surface area contributed by atoms with Crippen LogP contribution in [0.1, 0.15) is 52.9 Å². The Kier molecular flexibility index (Phi) is 5.51. The molecule has 0 saturated heterocycles. The average molecular weight is 318 g/mol. The van der Waals surface area contributed by atoms with Gasteiger partial charge >= 0.3 is 5.97 Å². The van der Waals surface area contributed by atoms with E-state index < -0.39 is 5.60 Å². The monoisotopic (exact) mass is 318 g/mol. The molecule has 23 heavy (non-hydrogen) atoms. The fourth-order valence-corrected chi connectivity index (χ4v) is 4.11. The first-order valence-corrected chi connectivity index (χ1v) is 8.66. The van der Waals surface area contributed by atoms with E-state index in [1.807, 2.05) is 13.8 Å². The molecule has 0 unspecified atom stereocenters. The number of fused-ring (bicyclic) bond motifs is 1. The third-order valence-electron chi connectivity index (χ3n) is 5.70. The molecule has 1 saturated carbocycles. The lowest BCUT2D eigenvalue weighted by Crippen LogP contribution is -2.54. The number of hydrogen-bond donors (Lipinski definition) is 1. The van der Waals surface area contributed by atoms with Crippen molar-refractivity contribution in [1.29, 1.82) is 0 Å². The van der Waals surface area contributed by atoms with E-state index in [4.69, 9.17) is 4.74 Å². The van der Waals surface area contributed by atoms with Crippen LogP contribution in [0, 0.1) is 17.8 Å². The Morgan fingerprint density at radius 3 is 2.83 bits per heavy atom. The van der Waals surface area contributed by atoms with E-state index in [2.05, 4.69) is 26.2 Å². The van der Waals surface area contributed by atoms with Crippen molar-refractivity contribution in [1.82, 2.24) is 0 Å². The molecule has 0 aromatic rings. The molecule has 0 aromatic heterocycles. The van der Waals surface area contributed by atoms with Crippen molar-refractivity contribution in [3.8, 4) is 0 Å². The molecule has 2 aliphatic rings. The predicted octanol–water partition coefficient (Wildman–Crippen LogP) is 4.18. The van der Waals surface area contributed by atoms with E-state index in [9.17, 15) is 9.90 Å². The molecule has 1 N–H and O–H groups in total. The van der Waals surface area contributed by atoms with Gasteiger partial charge in [-0.3, -0.25) is 4.79 Å². The summed E-state index contributed by atoms with van der Waals surface area (Å²) in [6.45, 7) is 13.9. The molecule has 128 valence electrons. The van der Waals surface area contributed by atoms with Crippen LogP contribution in [0.3, 0.4) is 0 Å². The molecule has 2 aliphatic carbocycles. The summed E-state index contributed by atoms with van der Waals surface area (Å²) in [4.78, 5) is 11.9. The minimum absolute atomic E-state index is 0.0758. The van der Waals surface area contributed by atoms with Gasteiger partial charge in [-0.05, 0) is 50.5 Å². The fraction of sp³-hybridized carbons (Fsp3) is 0.650. The Morgan fingerprint density at radius 1 is 1.52 bits per heavy atom. The van der Waals surface area contributed by atoms with E-state index in [0.717, 1.165) is 24.0 Å². The molecule has 3 heteroatoms. The molecule has 2 rings (SSSR count). The van der Waals surface area contributed by atoms with E-state index >= 15 is 0 Å². The van der Waals surface area contributed by atoms with E-state index in [1.165, 1.54) is 0 Å². The second kappa shape index (κ2) is 7.04. The molecule has 5 atom stereocenters. The SMILES string of the molecule is C=CCCC(=O)O[C@@H]1C[C@@]2(O)[C@H](C)CC[C@H](C(=C)C)[C@@H]2C=C1C. The van der Waals surface area contributed by atoms with Gasteiger partial charge in [-0.2, -0.15) is 0 Å². The minimum Gasteiger partial charge on any atom is -0.458 e. The molecule has 1 fully saturated rings. The van der Waals surface area contributed by atoms with E-state index in [0.29, 0.717) is 25.2 Å². The largest absolute Gasteiger partial charge is 0.458 e. The van der Waals surface area contributed by atoms with Crippen molar-refractivity contribution < 1.29 is 14.6 Å². The van der Waals surface area contributed by atoms with Crippen LogP contribution < -0.4 is 0 Å². The number of ether oxygens (including phenoxy) is 1. The third-order valence-corrected chi connectivity index (χ3v) is 5.70. The zero-order valence-corrected chi connectivity index (χ0v) is 14.7. The van der Waals surface area contributed by atoms with Crippen LogP contribution >= 0.6 is 0 Å². The molecule has 0 heterocycles. The molecule has 0 amide bonds. The minimum atomic E-state index is -0.815. The molecular weight excluding hydrogens is 288 g/mol. The van der Waals surface area contributed by atoms with Crippen LogP contribution in [0.2, 0.25) is 0 Å². The smallest absolute Gasteiger partial charge is 0.306 e. The summed E-state index contributed by atoms with van der Waals surface area (Å²) in [5.74, 6) is 0.363. The summed E-state index contributed by atoms with van der Waals surface area (Å²) in [7, 11) is 0. The zero-order valence-electron chi connectivity index (χ0n) is 14.7. The highest BCUT2D eigenvalue weighted by Gasteiger charge is 2.51. The lowest BCUT2D eigenvalue weighted by atomic mass is 9.58. The summed E-state index contributed by atoms with van der Waals surface area (Å²) in [6.07, 6.45) is 7.03. The highest BCUT2D eigenvalue weighted by molar-refractivity contribution is 5.70. The maximum atomic E-state index is 11.9. The number of aliphatic hydroxyl groups is 1. The van der Waals surface area contributed by atoms with Crippen LogP contribution in [-0.4, -0.2) is 22.8 Å². The van der Waals surface area contributed by atoms with Crippen molar-refractivity contribution in [2.75, 3.05) is 0 Å². The molecule has 0 radical (unpaired) electrons. The fourth-order valence-electron chi connectivity index (χ4n) is 4.11. The molecule has 0 bridgehead atoms. The zero-order chi connectivity index (χ0) is 17.2. The van der Waals surface area contributed by atoms with Crippen LogP contribution in [0.5, 0.6) is 0 Å².